The first-order chi connectivity index (χ1) is 9.49. The van der Waals surface area contributed by atoms with Crippen LogP contribution in [0.15, 0.2) is 42.0 Å². The predicted molar refractivity (Wildman–Crippen MR) is 82.3 cm³/mol. The van der Waals surface area contributed by atoms with Crippen LogP contribution in [-0.2, 0) is 4.79 Å². The number of hydrogen-bond donors (Lipinski definition) is 2. The highest BCUT2D eigenvalue weighted by atomic mass is 35.5. The molecule has 1 fully saturated rings. The molecule has 2 aromatic carbocycles. The second-order valence-corrected chi connectivity index (χ2v) is 5.85. The van der Waals surface area contributed by atoms with Crippen molar-refractivity contribution >= 4 is 34.4 Å². The van der Waals surface area contributed by atoms with Crippen molar-refractivity contribution in [3.63, 3.8) is 0 Å². The van der Waals surface area contributed by atoms with Gasteiger partial charge in [0.05, 0.1) is 5.54 Å². The van der Waals surface area contributed by atoms with E-state index in [1.807, 2.05) is 56.3 Å². The summed E-state index contributed by atoms with van der Waals surface area (Å²) in [5, 5.41) is 2.79. The fraction of sp³-hybridized carbons (Fsp3) is 0.188. The van der Waals surface area contributed by atoms with Gasteiger partial charge >= 0.3 is 0 Å². The molecule has 20 heavy (non-hydrogen) atoms. The van der Waals surface area contributed by atoms with Crippen LogP contribution in [0, 0.1) is 0 Å². The zero-order valence-corrected chi connectivity index (χ0v) is 12.1. The molecule has 0 aliphatic carbocycles. The van der Waals surface area contributed by atoms with Crippen LogP contribution in [-0.4, -0.2) is 11.4 Å². The third-order valence-corrected chi connectivity index (χ3v) is 3.94. The third kappa shape index (κ3) is 2.09. The van der Waals surface area contributed by atoms with Gasteiger partial charge < -0.3 is 0 Å². The second-order valence-electron chi connectivity index (χ2n) is 5.44. The summed E-state index contributed by atoms with van der Waals surface area (Å²) in [5.41, 5.74) is 6.76. The zero-order valence-electron chi connectivity index (χ0n) is 11.3. The second kappa shape index (κ2) is 4.62. The van der Waals surface area contributed by atoms with Gasteiger partial charge in [-0.25, -0.2) is 5.43 Å². The van der Waals surface area contributed by atoms with Crippen LogP contribution in [0.2, 0.25) is 5.02 Å². The molecule has 3 rings (SSSR count). The maximum Gasteiger partial charge on any atom is 0.263 e. The highest BCUT2D eigenvalue weighted by Crippen LogP contribution is 2.31. The number of benzene rings is 2. The van der Waals surface area contributed by atoms with Crippen molar-refractivity contribution in [3.05, 3.63) is 52.6 Å². The van der Waals surface area contributed by atoms with Crippen LogP contribution in [0.5, 0.6) is 0 Å². The van der Waals surface area contributed by atoms with Crippen LogP contribution in [0.4, 0.5) is 0 Å². The Kier molecular flexibility index (Phi) is 3.04. The minimum Gasteiger partial charge on any atom is -0.287 e. The molecule has 102 valence electrons. The fourth-order valence-corrected chi connectivity index (χ4v) is 2.66. The molecule has 1 heterocycles. The van der Waals surface area contributed by atoms with Crippen molar-refractivity contribution in [2.45, 2.75) is 19.4 Å². The van der Waals surface area contributed by atoms with Gasteiger partial charge in [0, 0.05) is 16.2 Å². The van der Waals surface area contributed by atoms with E-state index in [9.17, 15) is 4.79 Å². The van der Waals surface area contributed by atoms with E-state index in [1.54, 1.807) is 0 Å². The van der Waals surface area contributed by atoms with Gasteiger partial charge in [0.1, 0.15) is 0 Å². The fourth-order valence-electron chi connectivity index (χ4n) is 2.44. The van der Waals surface area contributed by atoms with Crippen LogP contribution in [0.25, 0.3) is 16.8 Å². The van der Waals surface area contributed by atoms with E-state index >= 15 is 0 Å². The van der Waals surface area contributed by atoms with Crippen molar-refractivity contribution in [2.75, 3.05) is 0 Å². The molecular weight excluding hydrogens is 272 g/mol. The Balaban J connectivity index is 2.25. The molecule has 0 saturated carbocycles. The van der Waals surface area contributed by atoms with Gasteiger partial charge in [-0.3, -0.25) is 10.2 Å². The van der Waals surface area contributed by atoms with E-state index in [0.29, 0.717) is 10.6 Å². The number of amides is 1. The van der Waals surface area contributed by atoms with Crippen molar-refractivity contribution in [1.82, 2.24) is 10.9 Å². The molecule has 1 saturated heterocycles. The molecule has 4 heteroatoms. The Morgan fingerprint density at radius 2 is 1.90 bits per heavy atom. The minimum absolute atomic E-state index is 0.112. The third-order valence-electron chi connectivity index (χ3n) is 3.61. The molecule has 0 atom stereocenters. The van der Waals surface area contributed by atoms with Crippen molar-refractivity contribution in [2.24, 2.45) is 0 Å². The smallest absolute Gasteiger partial charge is 0.263 e. The Hall–Kier alpha value is -1.84. The number of halogens is 1. The summed E-state index contributed by atoms with van der Waals surface area (Å²) in [5.74, 6) is -0.112. The van der Waals surface area contributed by atoms with Gasteiger partial charge in [0.2, 0.25) is 0 Å². The lowest BCUT2D eigenvalue weighted by Gasteiger charge is -2.17. The number of fused-ring (bicyclic) bond motifs is 1. The molecule has 1 aliphatic rings. The zero-order chi connectivity index (χ0) is 14.3. The molecule has 0 bridgehead atoms. The van der Waals surface area contributed by atoms with E-state index in [4.69, 9.17) is 11.6 Å². The first kappa shape index (κ1) is 13.2. The summed E-state index contributed by atoms with van der Waals surface area (Å²) < 4.78 is 0. The standard InChI is InChI=1S/C16H15ClN2O/c1-16(2)13(15(20)18-19-16)9-12-11-6-4-3-5-10(11)7-8-14(12)17/h3-9,19H,1-2H3,(H,18,20)/b13-9+. The summed E-state index contributed by atoms with van der Waals surface area (Å²) in [7, 11) is 0. The average molecular weight is 287 g/mol. The quantitative estimate of drug-likeness (QED) is 0.790. The van der Waals surface area contributed by atoms with Crippen LogP contribution < -0.4 is 10.9 Å². The van der Waals surface area contributed by atoms with Gasteiger partial charge in [0.25, 0.3) is 5.91 Å². The van der Waals surface area contributed by atoms with Crippen molar-refractivity contribution < 1.29 is 4.79 Å². The number of hydrogen-bond acceptors (Lipinski definition) is 2. The number of hydrazine groups is 1. The highest BCUT2D eigenvalue weighted by molar-refractivity contribution is 6.33. The van der Waals surface area contributed by atoms with E-state index in [-0.39, 0.29) is 5.91 Å². The van der Waals surface area contributed by atoms with Crippen LogP contribution >= 0.6 is 11.6 Å². The molecule has 0 unspecified atom stereocenters. The van der Waals surface area contributed by atoms with E-state index in [0.717, 1.165) is 16.3 Å². The van der Waals surface area contributed by atoms with E-state index < -0.39 is 5.54 Å². The van der Waals surface area contributed by atoms with E-state index in [2.05, 4.69) is 10.9 Å². The molecule has 1 aliphatic heterocycles. The lowest BCUT2D eigenvalue weighted by Crippen LogP contribution is -2.38. The Morgan fingerprint density at radius 3 is 2.60 bits per heavy atom. The molecule has 2 aromatic rings. The largest absolute Gasteiger partial charge is 0.287 e. The van der Waals surface area contributed by atoms with E-state index in [1.165, 1.54) is 0 Å². The minimum atomic E-state index is -0.419. The number of rotatable bonds is 1. The summed E-state index contributed by atoms with van der Waals surface area (Å²) in [6.07, 6.45) is 1.88. The normalized spacial score (nSPS) is 19.6. The maximum absolute atomic E-state index is 12.0. The van der Waals surface area contributed by atoms with Gasteiger partial charge in [-0.1, -0.05) is 41.9 Å². The van der Waals surface area contributed by atoms with Gasteiger partial charge in [-0.15, -0.1) is 0 Å². The average Bonchev–Trinajstić information content (AvgIpc) is 2.68. The summed E-state index contributed by atoms with van der Waals surface area (Å²) in [6.45, 7) is 3.91. The van der Waals surface area contributed by atoms with Gasteiger partial charge in [0.15, 0.2) is 0 Å². The first-order valence-corrected chi connectivity index (χ1v) is 6.84. The SMILES string of the molecule is CC1(C)NNC(=O)/C1=C\c1c(Cl)ccc2ccccc12. The molecule has 2 N–H and O–H groups in total. The topological polar surface area (TPSA) is 41.1 Å². The number of carbonyl (C=O) groups is 1. The summed E-state index contributed by atoms with van der Waals surface area (Å²) in [4.78, 5) is 12.0. The molecular formula is C16H15ClN2O. The van der Waals surface area contributed by atoms with Crippen molar-refractivity contribution in [3.8, 4) is 0 Å². The predicted octanol–water partition coefficient (Wildman–Crippen LogP) is 3.29. The monoisotopic (exact) mass is 286 g/mol. The number of carbonyl (C=O) groups excluding carboxylic acids is 1. The Bertz CT molecular complexity index is 734. The molecule has 3 nitrogen and oxygen atoms in total. The lowest BCUT2D eigenvalue weighted by atomic mass is 9.92. The molecule has 0 radical (unpaired) electrons. The highest BCUT2D eigenvalue weighted by Gasteiger charge is 2.35. The Labute approximate surface area is 122 Å². The summed E-state index contributed by atoms with van der Waals surface area (Å²) in [6, 6.07) is 11.9. The van der Waals surface area contributed by atoms with Crippen LogP contribution in [0.3, 0.4) is 0 Å². The molecule has 0 spiro atoms. The Morgan fingerprint density at radius 1 is 1.15 bits per heavy atom. The number of nitrogens with one attached hydrogen (secondary N) is 2. The molecule has 0 aromatic heterocycles. The maximum atomic E-state index is 12.0. The van der Waals surface area contributed by atoms with Crippen molar-refractivity contribution in [1.29, 1.82) is 0 Å². The van der Waals surface area contributed by atoms with Gasteiger partial charge in [-0.2, -0.15) is 0 Å². The first-order valence-electron chi connectivity index (χ1n) is 6.46. The van der Waals surface area contributed by atoms with Crippen LogP contribution in [0.1, 0.15) is 19.4 Å². The summed E-state index contributed by atoms with van der Waals surface area (Å²) >= 11 is 6.33. The molecule has 1 amide bonds. The van der Waals surface area contributed by atoms with Gasteiger partial charge in [-0.05, 0) is 36.8 Å². The lowest BCUT2D eigenvalue weighted by molar-refractivity contribution is -0.116.